The van der Waals surface area contributed by atoms with E-state index in [1.54, 1.807) is 33.4 Å². The van der Waals surface area contributed by atoms with Gasteiger partial charge in [0.15, 0.2) is 0 Å². The van der Waals surface area contributed by atoms with Crippen molar-refractivity contribution in [1.82, 2.24) is 19.9 Å². The minimum Gasteiger partial charge on any atom is -0.449 e. The third-order valence-electron chi connectivity index (χ3n) is 8.76. The molecule has 2 amide bonds. The summed E-state index contributed by atoms with van der Waals surface area (Å²) in [6, 6.07) is 0.435. The average Bonchev–Trinajstić information content (AvgIpc) is 3.47. The summed E-state index contributed by atoms with van der Waals surface area (Å²) in [6.07, 6.45) is -2.73. The maximum atomic E-state index is 13.8. The van der Waals surface area contributed by atoms with Crippen molar-refractivity contribution in [2.45, 2.75) is 102 Å². The Morgan fingerprint density at radius 1 is 0.958 bits per heavy atom. The number of nitrogens with two attached hydrogens (primary N) is 1. The van der Waals surface area contributed by atoms with Gasteiger partial charge in [0.1, 0.15) is 0 Å². The van der Waals surface area contributed by atoms with Gasteiger partial charge in [0.25, 0.3) is 0 Å². The largest absolute Gasteiger partial charge is 0.449 e. The van der Waals surface area contributed by atoms with Crippen LogP contribution in [0.4, 0.5) is 37.1 Å². The molecular formula is C32H41F6N7O3. The number of halogens is 6. The molecule has 0 aliphatic carbocycles. The number of primary amides is 1. The molecular weight excluding hydrogens is 644 g/mol. The van der Waals surface area contributed by atoms with Crippen molar-refractivity contribution in [3.8, 4) is 0 Å². The number of likely N-dealkylation sites (tertiary alicyclic amines) is 1. The summed E-state index contributed by atoms with van der Waals surface area (Å²) in [7, 11) is 1.82. The molecule has 16 heteroatoms. The average molecular weight is 686 g/mol. The van der Waals surface area contributed by atoms with Gasteiger partial charge in [-0.2, -0.15) is 31.4 Å². The molecule has 1 aromatic heterocycles. The van der Waals surface area contributed by atoms with Crippen molar-refractivity contribution in [2.24, 2.45) is 10.8 Å². The molecule has 0 spiro atoms. The van der Waals surface area contributed by atoms with E-state index in [4.69, 9.17) is 10.5 Å². The number of rotatable bonds is 12. The second-order valence-electron chi connectivity index (χ2n) is 12.3. The number of unbranched alkanes of at least 4 members (excludes halogenated alkanes) is 1. The number of likely N-dealkylation sites (N-methyl/N-ethyl adjacent to an activating group) is 1. The van der Waals surface area contributed by atoms with Crippen molar-refractivity contribution in [3.05, 3.63) is 52.8 Å². The topological polar surface area (TPSA) is 117 Å². The zero-order valence-electron chi connectivity index (χ0n) is 27.1. The third kappa shape index (κ3) is 9.28. The number of aromatic nitrogens is 2. The Kier molecular flexibility index (Phi) is 11.8. The predicted octanol–water partition coefficient (Wildman–Crippen LogP) is 6.35. The van der Waals surface area contributed by atoms with Crippen molar-refractivity contribution < 1.29 is 40.7 Å². The van der Waals surface area contributed by atoms with Gasteiger partial charge < -0.3 is 20.3 Å². The number of piperidine rings is 1. The lowest BCUT2D eigenvalue weighted by Gasteiger charge is -2.47. The normalized spacial score (nSPS) is 21.4. The maximum Gasteiger partial charge on any atom is 0.416 e. The Labute approximate surface area is 275 Å². The first kappa shape index (κ1) is 36.7. The highest BCUT2D eigenvalue weighted by molar-refractivity contribution is 5.73. The first-order valence-corrected chi connectivity index (χ1v) is 16.0. The molecule has 0 radical (unpaired) electrons. The van der Waals surface area contributed by atoms with Gasteiger partial charge in [0.2, 0.25) is 11.9 Å². The molecule has 264 valence electrons. The fourth-order valence-corrected chi connectivity index (χ4v) is 6.27. The number of ether oxygens (including phenoxy) is 1. The number of amides is 2. The van der Waals surface area contributed by atoms with Crippen molar-refractivity contribution in [3.63, 3.8) is 0 Å². The SMILES string of the molecule is CC[C@@H]1CC(N(Cc2cc(C(F)(F)F)cc(C(F)(F)F)c2)c2ncc(C3C=NN(C)C3)cn2)C[C@H](CC)N1C(=O)OCCCCC(N)=O. The fraction of sp³-hybridized carbons (Fsp3) is 0.594. The summed E-state index contributed by atoms with van der Waals surface area (Å²) in [5.74, 6) is -0.370. The van der Waals surface area contributed by atoms with Crippen LogP contribution < -0.4 is 10.6 Å². The summed E-state index contributed by atoms with van der Waals surface area (Å²) >= 11 is 0. The zero-order valence-corrected chi connectivity index (χ0v) is 27.1. The van der Waals surface area contributed by atoms with Crippen molar-refractivity contribution in [2.75, 3.05) is 25.1 Å². The third-order valence-corrected chi connectivity index (χ3v) is 8.76. The van der Waals surface area contributed by atoms with Crippen LogP contribution in [0.1, 0.15) is 87.0 Å². The molecule has 4 rings (SSSR count). The molecule has 10 nitrogen and oxygen atoms in total. The Balaban J connectivity index is 1.66. The Bertz CT molecular complexity index is 1390. The fourth-order valence-electron chi connectivity index (χ4n) is 6.27. The molecule has 4 atom stereocenters. The van der Waals surface area contributed by atoms with E-state index in [2.05, 4.69) is 15.1 Å². The Morgan fingerprint density at radius 3 is 2.02 bits per heavy atom. The van der Waals surface area contributed by atoms with E-state index in [1.807, 2.05) is 20.9 Å². The number of hydrogen-bond acceptors (Lipinski definition) is 8. The van der Waals surface area contributed by atoms with Gasteiger partial charge in [0.05, 0.1) is 17.7 Å². The van der Waals surface area contributed by atoms with Crippen molar-refractivity contribution >= 4 is 24.2 Å². The van der Waals surface area contributed by atoms with Crippen LogP contribution in [0.25, 0.3) is 0 Å². The Morgan fingerprint density at radius 2 is 1.54 bits per heavy atom. The Hall–Kier alpha value is -4.11. The minimum absolute atomic E-state index is 0.0747. The standard InChI is InChI=1S/C32H41F6N7O3/c1-4-25-13-27(14-26(5-2)45(25)30(47)48-9-7-6-8-28(39)46)44(29-40-15-21(16-41-29)22-17-42-43(3)19-22)18-20-10-23(31(33,34)35)12-24(11-20)32(36,37)38/h10-12,15-17,22,25-27H,4-9,13-14,18-19H2,1-3H3,(H2,39,46)/t22?,25-,26+,27?. The monoisotopic (exact) mass is 685 g/mol. The van der Waals surface area contributed by atoms with Gasteiger partial charge in [-0.25, -0.2) is 14.8 Å². The van der Waals surface area contributed by atoms with Crippen LogP contribution in [0.5, 0.6) is 0 Å². The van der Waals surface area contributed by atoms with Crippen LogP contribution in [0.15, 0.2) is 35.7 Å². The van der Waals surface area contributed by atoms with Gasteiger partial charge >= 0.3 is 18.4 Å². The summed E-state index contributed by atoms with van der Waals surface area (Å²) < 4.78 is 88.1. The molecule has 2 aliphatic rings. The van der Waals surface area contributed by atoms with Gasteiger partial charge in [0, 0.05) is 69.2 Å². The van der Waals surface area contributed by atoms with E-state index in [-0.39, 0.29) is 55.2 Å². The number of hydrazone groups is 1. The van der Waals surface area contributed by atoms with Crippen LogP contribution in [-0.4, -0.2) is 76.4 Å². The number of carbonyl (C=O) groups is 2. The molecule has 2 N–H and O–H groups in total. The summed E-state index contributed by atoms with van der Waals surface area (Å²) in [5.41, 5.74) is 2.92. The second-order valence-corrected chi connectivity index (χ2v) is 12.3. The van der Waals surface area contributed by atoms with E-state index < -0.39 is 41.5 Å². The van der Waals surface area contributed by atoms with Gasteiger partial charge in [-0.3, -0.25) is 9.80 Å². The van der Waals surface area contributed by atoms with Crippen LogP contribution in [0, 0.1) is 0 Å². The van der Waals surface area contributed by atoms with E-state index in [0.717, 1.165) is 17.7 Å². The molecule has 2 unspecified atom stereocenters. The molecule has 2 aliphatic heterocycles. The number of hydrogen-bond donors (Lipinski definition) is 1. The maximum absolute atomic E-state index is 13.8. The highest BCUT2D eigenvalue weighted by Gasteiger charge is 2.41. The van der Waals surface area contributed by atoms with E-state index in [0.29, 0.717) is 45.1 Å². The quantitative estimate of drug-likeness (QED) is 0.205. The molecule has 1 aromatic carbocycles. The second kappa shape index (κ2) is 15.4. The molecule has 0 saturated carbocycles. The van der Waals surface area contributed by atoms with Crippen LogP contribution in [0.2, 0.25) is 0 Å². The summed E-state index contributed by atoms with van der Waals surface area (Å²) in [6.45, 7) is 4.16. The number of nitrogens with zero attached hydrogens (tertiary/aromatic N) is 6. The summed E-state index contributed by atoms with van der Waals surface area (Å²) in [4.78, 5) is 36.7. The van der Waals surface area contributed by atoms with Gasteiger partial charge in [-0.15, -0.1) is 0 Å². The molecule has 48 heavy (non-hydrogen) atoms. The highest BCUT2D eigenvalue weighted by Crippen LogP contribution is 2.38. The van der Waals surface area contributed by atoms with Gasteiger partial charge in [-0.05, 0) is 67.9 Å². The lowest BCUT2D eigenvalue weighted by Crippen LogP contribution is -2.57. The van der Waals surface area contributed by atoms with Crippen LogP contribution in [0.3, 0.4) is 0 Å². The van der Waals surface area contributed by atoms with Crippen molar-refractivity contribution in [1.29, 1.82) is 0 Å². The molecule has 2 aromatic rings. The minimum atomic E-state index is -5.00. The molecule has 1 saturated heterocycles. The van der Waals surface area contributed by atoms with E-state index in [9.17, 15) is 35.9 Å². The van der Waals surface area contributed by atoms with E-state index >= 15 is 0 Å². The van der Waals surface area contributed by atoms with Gasteiger partial charge in [-0.1, -0.05) is 13.8 Å². The van der Waals surface area contributed by atoms with Crippen LogP contribution >= 0.6 is 0 Å². The molecule has 0 bridgehead atoms. The molecule has 1 fully saturated rings. The first-order chi connectivity index (χ1) is 22.6. The molecule has 3 heterocycles. The smallest absolute Gasteiger partial charge is 0.416 e. The summed E-state index contributed by atoms with van der Waals surface area (Å²) in [5, 5.41) is 5.98. The number of carbonyl (C=O) groups excluding carboxylic acids is 2. The van der Waals surface area contributed by atoms with Crippen LogP contribution in [-0.2, 0) is 28.4 Å². The highest BCUT2D eigenvalue weighted by atomic mass is 19.4. The number of benzene rings is 1. The number of anilines is 1. The first-order valence-electron chi connectivity index (χ1n) is 16.0. The lowest BCUT2D eigenvalue weighted by atomic mass is 9.87. The number of alkyl halides is 6. The lowest BCUT2D eigenvalue weighted by molar-refractivity contribution is -0.143. The van der Waals surface area contributed by atoms with E-state index in [1.165, 1.54) is 0 Å². The predicted molar refractivity (Wildman–Crippen MR) is 166 cm³/mol. The zero-order chi connectivity index (χ0) is 35.2.